The molecule has 0 aromatic rings. The van der Waals surface area contributed by atoms with E-state index in [1.54, 1.807) is 6.92 Å². The Morgan fingerprint density at radius 2 is 1.94 bits per heavy atom. The van der Waals surface area contributed by atoms with Crippen molar-refractivity contribution in [2.75, 3.05) is 0 Å². The van der Waals surface area contributed by atoms with E-state index in [-0.39, 0.29) is 11.5 Å². The summed E-state index contributed by atoms with van der Waals surface area (Å²) in [5.74, 6) is 0.00311. The monoisotopic (exact) mass is 234 g/mol. The van der Waals surface area contributed by atoms with E-state index in [0.717, 1.165) is 11.1 Å². The third kappa shape index (κ3) is 1.84. The predicted octanol–water partition coefficient (Wildman–Crippen LogP) is 2.75. The third-order valence-corrected chi connectivity index (χ3v) is 3.16. The first kappa shape index (κ1) is 11.8. The molecule has 2 aliphatic rings. The average Bonchev–Trinajstić information content (AvgIpc) is 2.25. The molecular formula is C13H15FN2O. The second-order valence-corrected chi connectivity index (χ2v) is 4.62. The highest BCUT2D eigenvalue weighted by Crippen LogP contribution is 2.26. The molecular weight excluding hydrogens is 219 g/mol. The number of H-pyrrole nitrogens is 1. The van der Waals surface area contributed by atoms with Crippen molar-refractivity contribution in [3.63, 3.8) is 0 Å². The van der Waals surface area contributed by atoms with E-state index in [1.165, 1.54) is 0 Å². The van der Waals surface area contributed by atoms with Gasteiger partial charge in [-0.05, 0) is 31.4 Å². The molecule has 2 aliphatic heterocycles. The van der Waals surface area contributed by atoms with Gasteiger partial charge in [0, 0.05) is 16.7 Å². The fraction of sp³-hybridized carbons (Fsp3) is 0.385. The van der Waals surface area contributed by atoms with Gasteiger partial charge in [-0.15, -0.1) is 0 Å². The van der Waals surface area contributed by atoms with Crippen LogP contribution in [-0.2, 0) is 0 Å². The number of hydrogen-bond donors (Lipinski definition) is 1. The van der Waals surface area contributed by atoms with Crippen LogP contribution in [0.1, 0.15) is 36.5 Å². The minimum atomic E-state index is -0.431. The van der Waals surface area contributed by atoms with E-state index >= 15 is 0 Å². The number of nitrogens with one attached hydrogen (secondary N) is 1. The molecule has 4 heteroatoms. The molecule has 2 heterocycles. The van der Waals surface area contributed by atoms with Gasteiger partial charge in [0.1, 0.15) is 5.82 Å². The van der Waals surface area contributed by atoms with Gasteiger partial charge in [-0.1, -0.05) is 13.8 Å². The average molecular weight is 234 g/mol. The van der Waals surface area contributed by atoms with Crippen LogP contribution < -0.4 is 5.56 Å². The highest BCUT2D eigenvalue weighted by molar-refractivity contribution is 5.63. The van der Waals surface area contributed by atoms with Gasteiger partial charge >= 0.3 is 0 Å². The van der Waals surface area contributed by atoms with Crippen LogP contribution >= 0.6 is 0 Å². The molecule has 0 aromatic carbocycles. The Hall–Kier alpha value is -1.71. The molecule has 0 atom stereocenters. The van der Waals surface area contributed by atoms with Crippen LogP contribution in [0.3, 0.4) is 0 Å². The Labute approximate surface area is 99.1 Å². The molecule has 0 unspecified atom stereocenters. The standard InChI is InChI=1S/C13H15FN2O/c1-6(2)9-5-10-7(3)8(4)11(14)15-12(10)16-13(9)17/h5-6H,1-4H3,(H,15,16,17). The first-order chi connectivity index (χ1) is 7.91. The van der Waals surface area contributed by atoms with Crippen LogP contribution in [0.4, 0.5) is 4.39 Å². The van der Waals surface area contributed by atoms with Gasteiger partial charge in [0.25, 0.3) is 5.56 Å². The number of fused-ring (bicyclic) bond motifs is 1. The highest BCUT2D eigenvalue weighted by Gasteiger charge is 2.17. The Morgan fingerprint density at radius 1 is 1.29 bits per heavy atom. The van der Waals surface area contributed by atoms with Crippen molar-refractivity contribution >= 4 is 0 Å². The molecule has 0 aromatic heterocycles. The zero-order valence-corrected chi connectivity index (χ0v) is 10.4. The van der Waals surface area contributed by atoms with Crippen LogP contribution in [-0.4, -0.2) is 9.97 Å². The second-order valence-electron chi connectivity index (χ2n) is 4.62. The van der Waals surface area contributed by atoms with Crippen LogP contribution in [0.15, 0.2) is 10.9 Å². The van der Waals surface area contributed by atoms with Crippen molar-refractivity contribution in [2.45, 2.75) is 33.6 Å². The lowest BCUT2D eigenvalue weighted by molar-refractivity contribution is 0.572. The predicted molar refractivity (Wildman–Crippen MR) is 65.0 cm³/mol. The molecule has 1 N–H and O–H groups in total. The summed E-state index contributed by atoms with van der Waals surface area (Å²) in [6, 6.07) is 1.81. The van der Waals surface area contributed by atoms with Crippen molar-refractivity contribution in [2.24, 2.45) is 0 Å². The van der Waals surface area contributed by atoms with Crippen LogP contribution in [0.5, 0.6) is 0 Å². The molecule has 0 saturated heterocycles. The molecule has 90 valence electrons. The molecule has 0 fully saturated rings. The van der Waals surface area contributed by atoms with Crippen molar-refractivity contribution in [1.29, 1.82) is 0 Å². The maximum Gasteiger partial charge on any atom is 0.275 e. The van der Waals surface area contributed by atoms with Gasteiger partial charge in [0.05, 0.1) is 0 Å². The smallest absolute Gasteiger partial charge is 0.275 e. The van der Waals surface area contributed by atoms with Crippen molar-refractivity contribution in [3.05, 3.63) is 39.1 Å². The van der Waals surface area contributed by atoms with E-state index in [1.807, 2.05) is 26.8 Å². The maximum atomic E-state index is 13.5. The Bertz CT molecular complexity index is 601. The fourth-order valence-electron chi connectivity index (χ4n) is 1.87. The van der Waals surface area contributed by atoms with Crippen molar-refractivity contribution in [3.8, 4) is 11.4 Å². The molecule has 0 spiro atoms. The number of rotatable bonds is 1. The summed E-state index contributed by atoms with van der Waals surface area (Å²) in [7, 11) is 0. The van der Waals surface area contributed by atoms with Gasteiger partial charge in [-0.3, -0.25) is 4.79 Å². The SMILES string of the molecule is Cc1c2cc(C(C)C)c(=O)nc-2[nH]c(F)c1C. The minimum absolute atomic E-state index is 0.115. The van der Waals surface area contributed by atoms with Gasteiger partial charge in [0.2, 0.25) is 0 Å². The van der Waals surface area contributed by atoms with Gasteiger partial charge < -0.3 is 4.98 Å². The lowest BCUT2D eigenvalue weighted by Gasteiger charge is -2.14. The first-order valence-electron chi connectivity index (χ1n) is 5.61. The van der Waals surface area contributed by atoms with Crippen LogP contribution in [0.25, 0.3) is 11.4 Å². The topological polar surface area (TPSA) is 45.8 Å². The summed E-state index contributed by atoms with van der Waals surface area (Å²) in [4.78, 5) is 18.2. The zero-order valence-electron chi connectivity index (χ0n) is 10.4. The summed E-state index contributed by atoms with van der Waals surface area (Å²) in [5, 5.41) is 0. The lowest BCUT2D eigenvalue weighted by atomic mass is 9.98. The lowest BCUT2D eigenvalue weighted by Crippen LogP contribution is -2.17. The van der Waals surface area contributed by atoms with Gasteiger partial charge in [0.15, 0.2) is 5.95 Å². The number of aromatic amines is 1. The zero-order chi connectivity index (χ0) is 12.7. The maximum absolute atomic E-state index is 13.5. The fourth-order valence-corrected chi connectivity index (χ4v) is 1.87. The van der Waals surface area contributed by atoms with Crippen LogP contribution in [0.2, 0.25) is 0 Å². The number of hydrogen-bond acceptors (Lipinski definition) is 2. The number of nitrogens with zero attached hydrogens (tertiary/aromatic N) is 1. The number of pyridine rings is 2. The van der Waals surface area contributed by atoms with E-state index in [4.69, 9.17) is 0 Å². The van der Waals surface area contributed by atoms with E-state index in [9.17, 15) is 9.18 Å². The van der Waals surface area contributed by atoms with Gasteiger partial charge in [-0.25, -0.2) is 0 Å². The van der Waals surface area contributed by atoms with E-state index in [2.05, 4.69) is 9.97 Å². The normalized spacial score (nSPS) is 11.4. The van der Waals surface area contributed by atoms with Gasteiger partial charge in [-0.2, -0.15) is 9.37 Å². The summed E-state index contributed by atoms with van der Waals surface area (Å²) >= 11 is 0. The number of halogens is 1. The van der Waals surface area contributed by atoms with Crippen LogP contribution in [0, 0.1) is 19.8 Å². The largest absolute Gasteiger partial charge is 0.316 e. The Kier molecular flexibility index (Phi) is 2.73. The summed E-state index contributed by atoms with van der Waals surface area (Å²) < 4.78 is 13.5. The first-order valence-corrected chi connectivity index (χ1v) is 5.61. The molecule has 0 amide bonds. The van der Waals surface area contributed by atoms with E-state index < -0.39 is 5.95 Å². The summed E-state index contributed by atoms with van der Waals surface area (Å²) in [5.41, 5.74) is 2.58. The summed E-state index contributed by atoms with van der Waals surface area (Å²) in [6.07, 6.45) is 0. The summed E-state index contributed by atoms with van der Waals surface area (Å²) in [6.45, 7) is 7.44. The third-order valence-electron chi connectivity index (χ3n) is 3.16. The Morgan fingerprint density at radius 3 is 2.53 bits per heavy atom. The van der Waals surface area contributed by atoms with Crippen molar-refractivity contribution in [1.82, 2.24) is 9.97 Å². The quantitative estimate of drug-likeness (QED) is 0.771. The molecule has 0 bridgehead atoms. The molecule has 0 saturated carbocycles. The highest BCUT2D eigenvalue weighted by atomic mass is 19.1. The minimum Gasteiger partial charge on any atom is -0.316 e. The Balaban J connectivity index is 2.86. The molecule has 0 radical (unpaired) electrons. The van der Waals surface area contributed by atoms with E-state index in [0.29, 0.717) is 17.0 Å². The molecule has 0 aliphatic carbocycles. The second kappa shape index (κ2) is 3.95. The molecule has 2 rings (SSSR count). The number of aromatic nitrogens is 2. The van der Waals surface area contributed by atoms with Crippen molar-refractivity contribution < 1.29 is 4.39 Å². The molecule has 3 nitrogen and oxygen atoms in total. The molecule has 17 heavy (non-hydrogen) atoms.